The van der Waals surface area contributed by atoms with Crippen molar-refractivity contribution in [1.29, 1.82) is 0 Å². The summed E-state index contributed by atoms with van der Waals surface area (Å²) in [6.45, 7) is 5.39. The van der Waals surface area contributed by atoms with E-state index in [0.717, 1.165) is 5.06 Å². The summed E-state index contributed by atoms with van der Waals surface area (Å²) < 4.78 is 0. The average molecular weight is 187 g/mol. The summed E-state index contributed by atoms with van der Waals surface area (Å²) in [5.41, 5.74) is -0.490. The van der Waals surface area contributed by atoms with Crippen LogP contribution in [0.25, 0.3) is 0 Å². The highest BCUT2D eigenvalue weighted by molar-refractivity contribution is 6.00. The van der Waals surface area contributed by atoms with Gasteiger partial charge in [0, 0.05) is 12.8 Å². The van der Waals surface area contributed by atoms with Crippen LogP contribution in [0.15, 0.2) is 0 Å². The number of carbonyl (C=O) groups is 2. The molecule has 4 nitrogen and oxygen atoms in total. The highest BCUT2D eigenvalue weighted by Crippen LogP contribution is 2.18. The van der Waals surface area contributed by atoms with Crippen molar-refractivity contribution in [2.24, 2.45) is 0 Å². The lowest BCUT2D eigenvalue weighted by Gasteiger charge is -2.24. The Morgan fingerprint density at radius 2 is 1.54 bits per heavy atom. The Labute approximate surface area is 78.8 Å². The van der Waals surface area contributed by atoms with Gasteiger partial charge in [0.15, 0.2) is 0 Å². The van der Waals surface area contributed by atoms with Gasteiger partial charge in [-0.2, -0.15) is 5.06 Å². The highest BCUT2D eigenvalue weighted by atomic mass is 16.7. The Kier molecular flexibility index (Phi) is 3.60. The molecule has 1 rings (SSSR count). The molecule has 0 saturated carbocycles. The van der Waals surface area contributed by atoms with E-state index in [1.807, 2.05) is 0 Å². The maximum Gasteiger partial charge on any atom is 0.254 e. The second-order valence-electron chi connectivity index (χ2n) is 3.79. The van der Waals surface area contributed by atoms with E-state index < -0.39 is 5.60 Å². The summed E-state index contributed by atoms with van der Waals surface area (Å²) in [7, 11) is 0. The fourth-order valence-corrected chi connectivity index (χ4v) is 0.932. The molecule has 1 aliphatic heterocycles. The third kappa shape index (κ3) is 3.14. The van der Waals surface area contributed by atoms with Crippen molar-refractivity contribution in [3.63, 3.8) is 0 Å². The van der Waals surface area contributed by atoms with Gasteiger partial charge in [0.25, 0.3) is 11.8 Å². The van der Waals surface area contributed by atoms with Crippen molar-refractivity contribution in [1.82, 2.24) is 5.06 Å². The van der Waals surface area contributed by atoms with Gasteiger partial charge in [0.2, 0.25) is 0 Å². The first kappa shape index (κ1) is 12.1. The normalized spacial score (nSPS) is 17.6. The molecular formula is C9H17NO3. The Balaban J connectivity index is 0.00000144. The second kappa shape index (κ2) is 3.87. The van der Waals surface area contributed by atoms with Crippen LogP contribution >= 0.6 is 0 Å². The lowest BCUT2D eigenvalue weighted by atomic mass is 10.2. The molecule has 0 N–H and O–H groups in total. The van der Waals surface area contributed by atoms with E-state index in [2.05, 4.69) is 0 Å². The molecule has 0 spiro atoms. The van der Waals surface area contributed by atoms with Crippen LogP contribution in [0.2, 0.25) is 0 Å². The van der Waals surface area contributed by atoms with E-state index in [9.17, 15) is 9.59 Å². The van der Waals surface area contributed by atoms with E-state index in [4.69, 9.17) is 4.84 Å². The predicted octanol–water partition coefficient (Wildman–Crippen LogP) is 1.50. The average Bonchev–Trinajstić information content (AvgIpc) is 2.16. The Morgan fingerprint density at radius 1 is 1.15 bits per heavy atom. The van der Waals surface area contributed by atoms with Crippen LogP contribution in [0.3, 0.4) is 0 Å². The number of nitrogens with zero attached hydrogens (tertiary/aromatic N) is 1. The van der Waals surface area contributed by atoms with Gasteiger partial charge in [-0.15, -0.1) is 0 Å². The van der Waals surface area contributed by atoms with Crippen LogP contribution < -0.4 is 0 Å². The van der Waals surface area contributed by atoms with Gasteiger partial charge >= 0.3 is 0 Å². The molecule has 0 atom stereocenters. The Bertz CT molecular complexity index is 201. The standard InChI is InChI=1S/C8H13NO3.CH4/c1-8(2,3)12-9-6(10)4-5-7(9)11;/h4-5H2,1-3H3;1H4. The van der Waals surface area contributed by atoms with Gasteiger partial charge in [-0.3, -0.25) is 14.4 Å². The van der Waals surface area contributed by atoms with Crippen LogP contribution in [0.1, 0.15) is 41.0 Å². The smallest absolute Gasteiger partial charge is 0.254 e. The molecule has 0 radical (unpaired) electrons. The molecule has 0 aliphatic carbocycles. The van der Waals surface area contributed by atoms with Gasteiger partial charge in [-0.05, 0) is 20.8 Å². The highest BCUT2D eigenvalue weighted by Gasteiger charge is 2.33. The van der Waals surface area contributed by atoms with E-state index >= 15 is 0 Å². The number of hydroxylamine groups is 2. The number of hydrogen-bond acceptors (Lipinski definition) is 3. The Hall–Kier alpha value is -0.900. The number of hydrogen-bond donors (Lipinski definition) is 0. The van der Waals surface area contributed by atoms with E-state index in [1.165, 1.54) is 0 Å². The SMILES string of the molecule is C.CC(C)(C)ON1C(=O)CCC1=O. The fraction of sp³-hybridized carbons (Fsp3) is 0.778. The monoisotopic (exact) mass is 187 g/mol. The van der Waals surface area contributed by atoms with Crippen LogP contribution in [-0.4, -0.2) is 22.5 Å². The molecule has 1 aliphatic rings. The van der Waals surface area contributed by atoms with Gasteiger partial charge in [-0.25, -0.2) is 0 Å². The molecule has 0 unspecified atom stereocenters. The molecular weight excluding hydrogens is 170 g/mol. The molecule has 0 aromatic rings. The number of amides is 2. The quantitative estimate of drug-likeness (QED) is 0.584. The molecule has 1 saturated heterocycles. The first-order valence-corrected chi connectivity index (χ1v) is 3.95. The molecule has 0 aromatic heterocycles. The summed E-state index contributed by atoms with van der Waals surface area (Å²) >= 11 is 0. The van der Waals surface area contributed by atoms with Crippen molar-refractivity contribution < 1.29 is 14.4 Å². The Morgan fingerprint density at radius 3 is 1.85 bits per heavy atom. The zero-order chi connectivity index (χ0) is 9.35. The minimum atomic E-state index is -0.490. The summed E-state index contributed by atoms with van der Waals surface area (Å²) in [5.74, 6) is -0.482. The third-order valence-electron chi connectivity index (χ3n) is 1.37. The summed E-state index contributed by atoms with van der Waals surface area (Å²) in [5, 5.41) is 0.875. The third-order valence-corrected chi connectivity index (χ3v) is 1.37. The van der Waals surface area contributed by atoms with Crippen molar-refractivity contribution in [3.05, 3.63) is 0 Å². The lowest BCUT2D eigenvalue weighted by molar-refractivity contribution is -0.218. The van der Waals surface area contributed by atoms with Gasteiger partial charge in [-0.1, -0.05) is 7.43 Å². The van der Waals surface area contributed by atoms with Crippen LogP contribution in [0, 0.1) is 0 Å². The molecule has 0 aromatic carbocycles. The van der Waals surface area contributed by atoms with Gasteiger partial charge in [0.1, 0.15) is 0 Å². The summed E-state index contributed by atoms with van der Waals surface area (Å²) in [6, 6.07) is 0. The van der Waals surface area contributed by atoms with E-state index in [0.29, 0.717) is 0 Å². The summed E-state index contributed by atoms with van der Waals surface area (Å²) in [4.78, 5) is 27.2. The molecule has 13 heavy (non-hydrogen) atoms. The zero-order valence-corrected chi connectivity index (χ0v) is 7.59. The maximum absolute atomic E-state index is 11.0. The van der Waals surface area contributed by atoms with E-state index in [1.54, 1.807) is 20.8 Å². The number of rotatable bonds is 1. The molecule has 2 amide bonds. The molecule has 1 heterocycles. The molecule has 4 heteroatoms. The molecule has 76 valence electrons. The van der Waals surface area contributed by atoms with Crippen LogP contribution in [0.5, 0.6) is 0 Å². The van der Waals surface area contributed by atoms with Crippen molar-refractivity contribution in [3.8, 4) is 0 Å². The second-order valence-corrected chi connectivity index (χ2v) is 3.79. The van der Waals surface area contributed by atoms with Crippen molar-refractivity contribution >= 4 is 11.8 Å². The number of carbonyl (C=O) groups excluding carboxylic acids is 2. The first-order chi connectivity index (χ1) is 5.40. The lowest BCUT2D eigenvalue weighted by Crippen LogP contribution is -2.37. The molecule has 1 fully saturated rings. The number of imide groups is 1. The van der Waals surface area contributed by atoms with Crippen molar-refractivity contribution in [2.45, 2.75) is 46.6 Å². The van der Waals surface area contributed by atoms with Gasteiger partial charge in [0.05, 0.1) is 5.60 Å². The van der Waals surface area contributed by atoms with Crippen LogP contribution in [0.4, 0.5) is 0 Å². The molecule has 0 bridgehead atoms. The predicted molar refractivity (Wildman–Crippen MR) is 48.7 cm³/mol. The zero-order valence-electron chi connectivity index (χ0n) is 7.59. The van der Waals surface area contributed by atoms with Crippen molar-refractivity contribution in [2.75, 3.05) is 0 Å². The van der Waals surface area contributed by atoms with E-state index in [-0.39, 0.29) is 32.1 Å². The van der Waals surface area contributed by atoms with Crippen LogP contribution in [-0.2, 0) is 14.4 Å². The maximum atomic E-state index is 11.0. The topological polar surface area (TPSA) is 46.6 Å². The summed E-state index contributed by atoms with van der Waals surface area (Å²) in [6.07, 6.45) is 0.545. The minimum absolute atomic E-state index is 0. The largest absolute Gasteiger partial charge is 0.272 e. The van der Waals surface area contributed by atoms with Gasteiger partial charge < -0.3 is 0 Å². The minimum Gasteiger partial charge on any atom is -0.272 e. The fourth-order valence-electron chi connectivity index (χ4n) is 0.932. The first-order valence-electron chi connectivity index (χ1n) is 3.95.